The van der Waals surface area contributed by atoms with E-state index in [2.05, 4.69) is 5.32 Å². The third kappa shape index (κ3) is 4.87. The molecule has 1 atom stereocenters. The molecule has 3 rings (SSSR count). The van der Waals surface area contributed by atoms with Gasteiger partial charge in [-0.3, -0.25) is 9.59 Å². The van der Waals surface area contributed by atoms with Crippen LogP contribution in [-0.4, -0.2) is 50.7 Å². The van der Waals surface area contributed by atoms with Crippen molar-refractivity contribution in [2.24, 2.45) is 0 Å². The number of morpholine rings is 1. The molecule has 0 spiro atoms. The van der Waals surface area contributed by atoms with Crippen molar-refractivity contribution in [2.75, 3.05) is 31.6 Å². The normalized spacial score (nSPS) is 16.2. The average Bonchev–Trinajstić information content (AvgIpc) is 2.74. The predicted molar refractivity (Wildman–Crippen MR) is 106 cm³/mol. The number of ether oxygens (including phenoxy) is 1. The van der Waals surface area contributed by atoms with Crippen molar-refractivity contribution in [3.05, 3.63) is 54.4 Å². The van der Waals surface area contributed by atoms with E-state index in [1.54, 1.807) is 48.1 Å². The van der Waals surface area contributed by atoms with Crippen molar-refractivity contribution in [2.45, 2.75) is 24.8 Å². The van der Waals surface area contributed by atoms with Crippen LogP contribution in [0.25, 0.3) is 0 Å². The number of sulfonamides is 1. The van der Waals surface area contributed by atoms with E-state index in [-0.39, 0.29) is 16.6 Å². The molecule has 9 heteroatoms. The first kappa shape index (κ1) is 21.1. The number of amides is 1. The van der Waals surface area contributed by atoms with Crippen molar-refractivity contribution in [3.8, 4) is 0 Å². The zero-order valence-electron chi connectivity index (χ0n) is 16.4. The first-order valence-corrected chi connectivity index (χ1v) is 10.7. The fourth-order valence-corrected chi connectivity index (χ4v) is 4.38. The number of carbonyl (C=O) groups is 2. The van der Waals surface area contributed by atoms with E-state index in [1.807, 2.05) is 0 Å². The number of aromatic nitrogens is 1. The molecule has 8 nitrogen and oxygen atoms in total. The molecule has 0 radical (unpaired) electrons. The third-order valence-electron chi connectivity index (χ3n) is 4.79. The second-order valence-corrected chi connectivity index (χ2v) is 8.74. The average molecular weight is 418 g/mol. The molecule has 29 heavy (non-hydrogen) atoms. The van der Waals surface area contributed by atoms with Crippen molar-refractivity contribution < 1.29 is 27.3 Å². The van der Waals surface area contributed by atoms with Gasteiger partial charge in [0.05, 0.1) is 23.7 Å². The van der Waals surface area contributed by atoms with Gasteiger partial charge in [0, 0.05) is 31.8 Å². The van der Waals surface area contributed by atoms with Gasteiger partial charge in [0.25, 0.3) is 5.91 Å². The Balaban J connectivity index is 1.70. The lowest BCUT2D eigenvalue weighted by Gasteiger charge is -2.26. The van der Waals surface area contributed by atoms with E-state index >= 15 is 0 Å². The Labute approximate surface area is 170 Å². The molecule has 0 unspecified atom stereocenters. The number of nitrogens with one attached hydrogen (secondary N) is 1. The number of hydrogen-bond donors (Lipinski definition) is 1. The van der Waals surface area contributed by atoms with Crippen molar-refractivity contribution >= 4 is 27.4 Å². The highest BCUT2D eigenvalue weighted by atomic mass is 32.2. The van der Waals surface area contributed by atoms with Crippen LogP contribution in [0.3, 0.4) is 0 Å². The molecule has 1 aromatic heterocycles. The first-order valence-electron chi connectivity index (χ1n) is 9.29. The van der Waals surface area contributed by atoms with Crippen molar-refractivity contribution in [1.82, 2.24) is 4.31 Å². The second-order valence-electron chi connectivity index (χ2n) is 6.80. The zero-order chi connectivity index (χ0) is 21.0. The Hall–Kier alpha value is -2.62. The van der Waals surface area contributed by atoms with E-state index in [0.717, 1.165) is 0 Å². The smallest absolute Gasteiger partial charge is 0.293 e. The fourth-order valence-electron chi connectivity index (χ4n) is 2.97. The Morgan fingerprint density at radius 2 is 1.79 bits per heavy atom. The van der Waals surface area contributed by atoms with E-state index in [4.69, 9.17) is 4.74 Å². The minimum absolute atomic E-state index is 0.0796. The van der Waals surface area contributed by atoms with E-state index in [0.29, 0.717) is 37.6 Å². The van der Waals surface area contributed by atoms with E-state index in [1.165, 1.54) is 23.4 Å². The van der Waals surface area contributed by atoms with Crippen LogP contribution in [-0.2, 0) is 19.6 Å². The summed E-state index contributed by atoms with van der Waals surface area (Å²) in [6.07, 6.45) is 3.35. The van der Waals surface area contributed by atoms with Crippen LogP contribution >= 0.6 is 0 Å². The second kappa shape index (κ2) is 8.81. The standard InChI is InChI=1S/C20H23N3O5S/c1-15(22-9-3-4-17(14-22)16(2)24)20(25)21-18-5-7-19(8-6-18)29(26,27)23-10-12-28-13-11-23/h3-9,14-15H,10-13H2,1-2H3/p+1/t15-/m1/s1. The molecule has 2 heterocycles. The van der Waals surface area contributed by atoms with Crippen LogP contribution in [0.15, 0.2) is 53.7 Å². The van der Waals surface area contributed by atoms with Crippen LogP contribution in [0.2, 0.25) is 0 Å². The highest BCUT2D eigenvalue weighted by Gasteiger charge is 2.27. The molecular weight excluding hydrogens is 394 g/mol. The van der Waals surface area contributed by atoms with Gasteiger partial charge in [-0.15, -0.1) is 0 Å². The van der Waals surface area contributed by atoms with Gasteiger partial charge >= 0.3 is 0 Å². The minimum Gasteiger partial charge on any atom is -0.379 e. The molecule has 1 fully saturated rings. The van der Waals surface area contributed by atoms with Crippen LogP contribution in [0.4, 0.5) is 5.69 Å². The summed E-state index contributed by atoms with van der Waals surface area (Å²) in [6, 6.07) is 8.95. The number of pyridine rings is 1. The summed E-state index contributed by atoms with van der Waals surface area (Å²) in [5.41, 5.74) is 1.01. The molecular formula is C20H24N3O5S+. The number of nitrogens with zero attached hydrogens (tertiary/aromatic N) is 2. The van der Waals surface area contributed by atoms with Gasteiger partial charge in [-0.05, 0) is 37.3 Å². The quantitative estimate of drug-likeness (QED) is 0.565. The van der Waals surface area contributed by atoms with Gasteiger partial charge in [-0.1, -0.05) is 0 Å². The van der Waals surface area contributed by atoms with E-state index < -0.39 is 16.1 Å². The maximum absolute atomic E-state index is 12.7. The number of ketones is 1. The molecule has 1 amide bonds. The van der Waals surface area contributed by atoms with Crippen molar-refractivity contribution in [1.29, 1.82) is 0 Å². The summed E-state index contributed by atoms with van der Waals surface area (Å²) in [6.45, 7) is 4.61. The summed E-state index contributed by atoms with van der Waals surface area (Å²) in [7, 11) is -3.57. The number of hydrogen-bond acceptors (Lipinski definition) is 5. The SMILES string of the molecule is CC(=O)c1ccc[n+]([C@H](C)C(=O)Nc2ccc(S(=O)(=O)N3CCOCC3)cc2)c1. The maximum atomic E-state index is 12.7. The lowest BCUT2D eigenvalue weighted by atomic mass is 10.2. The summed E-state index contributed by atoms with van der Waals surface area (Å²) < 4.78 is 33.6. The Morgan fingerprint density at radius 3 is 2.41 bits per heavy atom. The molecule has 1 N–H and O–H groups in total. The van der Waals surface area contributed by atoms with Crippen LogP contribution in [0, 0.1) is 0 Å². The third-order valence-corrected chi connectivity index (χ3v) is 6.70. The van der Waals surface area contributed by atoms with Gasteiger partial charge in [0.15, 0.2) is 18.2 Å². The Morgan fingerprint density at radius 1 is 1.14 bits per heavy atom. The maximum Gasteiger partial charge on any atom is 0.293 e. The Bertz CT molecular complexity index is 999. The molecule has 1 saturated heterocycles. The predicted octanol–water partition coefficient (Wildman–Crippen LogP) is 1.40. The summed E-state index contributed by atoms with van der Waals surface area (Å²) in [5.74, 6) is -0.358. The first-order chi connectivity index (χ1) is 13.8. The van der Waals surface area contributed by atoms with Crippen LogP contribution in [0.1, 0.15) is 30.2 Å². The number of rotatable bonds is 6. The van der Waals surface area contributed by atoms with Crippen LogP contribution in [0.5, 0.6) is 0 Å². The summed E-state index contributed by atoms with van der Waals surface area (Å²) in [5, 5.41) is 2.77. The number of anilines is 1. The van der Waals surface area contributed by atoms with Gasteiger partial charge < -0.3 is 10.1 Å². The number of benzene rings is 1. The zero-order valence-corrected chi connectivity index (χ0v) is 17.2. The highest BCUT2D eigenvalue weighted by molar-refractivity contribution is 7.89. The minimum atomic E-state index is -3.57. The largest absolute Gasteiger partial charge is 0.379 e. The van der Waals surface area contributed by atoms with Crippen molar-refractivity contribution in [3.63, 3.8) is 0 Å². The Kier molecular flexibility index (Phi) is 6.41. The summed E-state index contributed by atoms with van der Waals surface area (Å²) >= 11 is 0. The van der Waals surface area contributed by atoms with E-state index in [9.17, 15) is 18.0 Å². The van der Waals surface area contributed by atoms with Gasteiger partial charge in [0.2, 0.25) is 16.1 Å². The molecule has 1 aliphatic heterocycles. The lowest BCUT2D eigenvalue weighted by Crippen LogP contribution is -2.44. The topological polar surface area (TPSA) is 96.7 Å². The molecule has 1 aliphatic rings. The molecule has 0 aliphatic carbocycles. The number of Topliss-reactive ketones (excluding diaryl/α,β-unsaturated/α-hetero) is 1. The lowest BCUT2D eigenvalue weighted by molar-refractivity contribution is -0.705. The fraction of sp³-hybridized carbons (Fsp3) is 0.350. The van der Waals surface area contributed by atoms with Gasteiger partial charge in [0.1, 0.15) is 0 Å². The monoisotopic (exact) mass is 418 g/mol. The van der Waals surface area contributed by atoms with Crippen LogP contribution < -0.4 is 9.88 Å². The van der Waals surface area contributed by atoms with Gasteiger partial charge in [-0.25, -0.2) is 8.42 Å². The molecule has 154 valence electrons. The van der Waals surface area contributed by atoms with Gasteiger partial charge in [-0.2, -0.15) is 8.87 Å². The number of carbonyl (C=O) groups excluding carboxylic acids is 2. The summed E-state index contributed by atoms with van der Waals surface area (Å²) in [4.78, 5) is 24.3. The molecule has 0 bridgehead atoms. The highest BCUT2D eigenvalue weighted by Crippen LogP contribution is 2.19. The molecule has 1 aromatic carbocycles. The molecule has 2 aromatic rings. The molecule has 0 saturated carbocycles.